The van der Waals surface area contributed by atoms with Crippen molar-refractivity contribution in [2.75, 3.05) is 25.3 Å². The molecule has 0 unspecified atom stereocenters. The molecular formula is C21H21NO7. The first-order valence-corrected chi connectivity index (χ1v) is 9.11. The highest BCUT2D eigenvalue weighted by Gasteiger charge is 2.20. The molecule has 0 aliphatic carbocycles. The lowest BCUT2D eigenvalue weighted by Crippen LogP contribution is -2.21. The smallest absolute Gasteiger partial charge is 0.262 e. The van der Waals surface area contributed by atoms with Crippen LogP contribution >= 0.6 is 0 Å². The van der Waals surface area contributed by atoms with Crippen LogP contribution in [0.1, 0.15) is 41.0 Å². The fourth-order valence-electron chi connectivity index (χ4n) is 2.71. The number of hydrogen-bond acceptors (Lipinski definition) is 7. The van der Waals surface area contributed by atoms with E-state index in [2.05, 4.69) is 5.32 Å². The van der Waals surface area contributed by atoms with Crippen LogP contribution in [-0.2, 0) is 4.79 Å². The van der Waals surface area contributed by atoms with E-state index in [1.807, 2.05) is 6.92 Å². The second kappa shape index (κ2) is 9.09. The molecule has 1 heterocycles. The average Bonchev–Trinajstić information content (AvgIpc) is 3.17. The van der Waals surface area contributed by atoms with Gasteiger partial charge < -0.3 is 24.3 Å². The van der Waals surface area contributed by atoms with Gasteiger partial charge in [0.05, 0.1) is 17.9 Å². The van der Waals surface area contributed by atoms with E-state index in [-0.39, 0.29) is 24.9 Å². The van der Waals surface area contributed by atoms with Crippen molar-refractivity contribution in [3.05, 3.63) is 41.5 Å². The Bertz CT molecular complexity index is 939. The van der Waals surface area contributed by atoms with Crippen molar-refractivity contribution < 1.29 is 33.3 Å². The third kappa shape index (κ3) is 4.84. The van der Waals surface area contributed by atoms with Crippen molar-refractivity contribution in [3.8, 4) is 23.0 Å². The highest BCUT2D eigenvalue weighted by Crippen LogP contribution is 2.37. The summed E-state index contributed by atoms with van der Waals surface area (Å²) in [5.41, 5.74) is 0.895. The Balaban J connectivity index is 1.70. The zero-order valence-corrected chi connectivity index (χ0v) is 16.2. The minimum absolute atomic E-state index is 0.0537. The van der Waals surface area contributed by atoms with E-state index in [0.29, 0.717) is 47.0 Å². The van der Waals surface area contributed by atoms with Crippen LogP contribution < -0.4 is 24.3 Å². The van der Waals surface area contributed by atoms with Gasteiger partial charge in [0.15, 0.2) is 30.2 Å². The maximum Gasteiger partial charge on any atom is 0.262 e. The molecule has 1 amide bonds. The minimum atomic E-state index is -0.497. The van der Waals surface area contributed by atoms with Crippen LogP contribution in [0.5, 0.6) is 23.0 Å². The molecule has 0 fully saturated rings. The van der Waals surface area contributed by atoms with Gasteiger partial charge in [0.1, 0.15) is 11.5 Å². The first-order chi connectivity index (χ1) is 14.0. The number of anilines is 1. The van der Waals surface area contributed by atoms with Gasteiger partial charge in [-0.05, 0) is 31.5 Å². The first kappa shape index (κ1) is 20.2. The monoisotopic (exact) mass is 399 g/mol. The number of aldehydes is 1. The fourth-order valence-corrected chi connectivity index (χ4v) is 2.71. The minimum Gasteiger partial charge on any atom is -0.493 e. The molecule has 1 aliphatic heterocycles. The molecule has 8 nitrogen and oxygen atoms in total. The maximum atomic E-state index is 12.4. The number of amides is 1. The third-order valence-corrected chi connectivity index (χ3v) is 4.11. The number of Topliss-reactive ketones (excluding diaryl/α,β-unsaturated/α-hetero) is 1. The fraction of sp³-hybridized carbons (Fsp3) is 0.286. The molecule has 2 aromatic rings. The molecule has 3 rings (SSSR count). The Kier molecular flexibility index (Phi) is 6.33. The standard InChI is InChI=1S/C21H21NO7/c1-3-6-26-15-5-4-14(10-23)18(7-15)27-11-21(25)22-17-9-20-19(28-12-29-20)8-16(17)13(2)24/h4-5,7-10H,3,6,11-12H2,1-2H3,(H,22,25). The predicted octanol–water partition coefficient (Wildman–Crippen LogP) is 3.24. The number of benzene rings is 2. The molecule has 0 saturated carbocycles. The van der Waals surface area contributed by atoms with Crippen LogP contribution in [0.4, 0.5) is 5.69 Å². The summed E-state index contributed by atoms with van der Waals surface area (Å²) in [6.45, 7) is 3.59. The quantitative estimate of drug-likeness (QED) is 0.510. The highest BCUT2D eigenvalue weighted by atomic mass is 16.7. The second-order valence-corrected chi connectivity index (χ2v) is 6.31. The number of carbonyl (C=O) groups is 3. The Labute approximate surface area is 167 Å². The van der Waals surface area contributed by atoms with Crippen LogP contribution in [0, 0.1) is 0 Å². The van der Waals surface area contributed by atoms with Gasteiger partial charge in [-0.15, -0.1) is 0 Å². The van der Waals surface area contributed by atoms with Crippen molar-refractivity contribution in [1.29, 1.82) is 0 Å². The van der Waals surface area contributed by atoms with E-state index < -0.39 is 5.91 Å². The average molecular weight is 399 g/mol. The van der Waals surface area contributed by atoms with Crippen molar-refractivity contribution in [1.82, 2.24) is 0 Å². The molecule has 1 aliphatic rings. The van der Waals surface area contributed by atoms with Gasteiger partial charge in [0.25, 0.3) is 5.91 Å². The molecule has 1 N–H and O–H groups in total. The molecule has 2 aromatic carbocycles. The van der Waals surface area contributed by atoms with E-state index >= 15 is 0 Å². The van der Waals surface area contributed by atoms with Crippen molar-refractivity contribution in [2.45, 2.75) is 20.3 Å². The number of carbonyl (C=O) groups excluding carboxylic acids is 3. The van der Waals surface area contributed by atoms with Crippen LogP contribution in [0.3, 0.4) is 0 Å². The van der Waals surface area contributed by atoms with Crippen LogP contribution in [-0.4, -0.2) is 38.0 Å². The highest BCUT2D eigenvalue weighted by molar-refractivity contribution is 6.05. The molecule has 0 bridgehead atoms. The SMILES string of the molecule is CCCOc1ccc(C=O)c(OCC(=O)Nc2cc3c(cc2C(C)=O)OCO3)c1. The Hall–Kier alpha value is -3.55. The van der Waals surface area contributed by atoms with Gasteiger partial charge >= 0.3 is 0 Å². The van der Waals surface area contributed by atoms with Gasteiger partial charge in [-0.3, -0.25) is 14.4 Å². The lowest BCUT2D eigenvalue weighted by atomic mass is 10.1. The number of ketones is 1. The van der Waals surface area contributed by atoms with Gasteiger partial charge in [0, 0.05) is 17.7 Å². The van der Waals surface area contributed by atoms with Gasteiger partial charge in [0.2, 0.25) is 6.79 Å². The van der Waals surface area contributed by atoms with Crippen molar-refractivity contribution in [3.63, 3.8) is 0 Å². The van der Waals surface area contributed by atoms with Crippen molar-refractivity contribution >= 4 is 23.7 Å². The van der Waals surface area contributed by atoms with Gasteiger partial charge in [-0.1, -0.05) is 6.92 Å². The molecular weight excluding hydrogens is 378 g/mol. The van der Waals surface area contributed by atoms with Gasteiger partial charge in [-0.25, -0.2) is 0 Å². The Morgan fingerprint density at radius 3 is 2.59 bits per heavy atom. The molecule has 0 radical (unpaired) electrons. The third-order valence-electron chi connectivity index (χ3n) is 4.11. The Morgan fingerprint density at radius 1 is 1.14 bits per heavy atom. The topological polar surface area (TPSA) is 100 Å². The second-order valence-electron chi connectivity index (χ2n) is 6.31. The van der Waals surface area contributed by atoms with E-state index in [0.717, 1.165) is 6.42 Å². The van der Waals surface area contributed by atoms with E-state index in [1.54, 1.807) is 18.2 Å². The number of rotatable bonds is 9. The summed E-state index contributed by atoms with van der Waals surface area (Å²) < 4.78 is 21.6. The normalized spacial score (nSPS) is 11.7. The number of fused-ring (bicyclic) bond motifs is 1. The zero-order chi connectivity index (χ0) is 20.8. The summed E-state index contributed by atoms with van der Waals surface area (Å²) in [6, 6.07) is 7.86. The lowest BCUT2D eigenvalue weighted by Gasteiger charge is -2.13. The molecule has 0 spiro atoms. The number of hydrogen-bond donors (Lipinski definition) is 1. The zero-order valence-electron chi connectivity index (χ0n) is 16.2. The predicted molar refractivity (Wildman–Crippen MR) is 104 cm³/mol. The summed E-state index contributed by atoms with van der Waals surface area (Å²) in [7, 11) is 0. The van der Waals surface area contributed by atoms with Crippen LogP contribution in [0.15, 0.2) is 30.3 Å². The van der Waals surface area contributed by atoms with Crippen molar-refractivity contribution in [2.24, 2.45) is 0 Å². The molecule has 152 valence electrons. The molecule has 29 heavy (non-hydrogen) atoms. The van der Waals surface area contributed by atoms with Gasteiger partial charge in [-0.2, -0.15) is 0 Å². The van der Waals surface area contributed by atoms with Crippen LogP contribution in [0.25, 0.3) is 0 Å². The summed E-state index contributed by atoms with van der Waals surface area (Å²) >= 11 is 0. The summed E-state index contributed by atoms with van der Waals surface area (Å²) in [6.07, 6.45) is 1.48. The molecule has 0 atom stereocenters. The molecule has 0 aromatic heterocycles. The molecule has 8 heteroatoms. The summed E-state index contributed by atoms with van der Waals surface area (Å²) in [4.78, 5) is 35.5. The Morgan fingerprint density at radius 2 is 1.90 bits per heavy atom. The van der Waals surface area contributed by atoms with E-state index in [1.165, 1.54) is 19.1 Å². The maximum absolute atomic E-state index is 12.4. The van der Waals surface area contributed by atoms with E-state index in [4.69, 9.17) is 18.9 Å². The molecule has 0 saturated heterocycles. The summed E-state index contributed by atoms with van der Waals surface area (Å²) in [5, 5.41) is 2.64. The largest absolute Gasteiger partial charge is 0.493 e. The van der Waals surface area contributed by atoms with Crippen LogP contribution in [0.2, 0.25) is 0 Å². The summed E-state index contributed by atoms with van der Waals surface area (Å²) in [5.74, 6) is 0.939. The number of nitrogens with one attached hydrogen (secondary N) is 1. The van der Waals surface area contributed by atoms with E-state index in [9.17, 15) is 14.4 Å². The first-order valence-electron chi connectivity index (χ1n) is 9.11. The lowest BCUT2D eigenvalue weighted by molar-refractivity contribution is -0.118. The number of ether oxygens (including phenoxy) is 4.